The van der Waals surface area contributed by atoms with Gasteiger partial charge in [-0.3, -0.25) is 4.90 Å². The Morgan fingerprint density at radius 2 is 1.86 bits per heavy atom. The van der Waals surface area contributed by atoms with Crippen molar-refractivity contribution in [3.8, 4) is 0 Å². The van der Waals surface area contributed by atoms with Crippen LogP contribution < -0.4 is 5.32 Å². The zero-order valence-electron chi connectivity index (χ0n) is 14.3. The van der Waals surface area contributed by atoms with E-state index in [4.69, 9.17) is 0 Å². The summed E-state index contributed by atoms with van der Waals surface area (Å²) < 4.78 is 0. The number of hydrogen-bond acceptors (Lipinski definition) is 3. The van der Waals surface area contributed by atoms with Gasteiger partial charge in [0.1, 0.15) is 0 Å². The van der Waals surface area contributed by atoms with Crippen LogP contribution in [0, 0.1) is 6.92 Å². The van der Waals surface area contributed by atoms with E-state index in [2.05, 4.69) is 74.2 Å². The van der Waals surface area contributed by atoms with Crippen LogP contribution in [-0.2, 0) is 0 Å². The highest BCUT2D eigenvalue weighted by Gasteiger charge is 2.29. The molecular weight excluding hydrogens is 258 g/mol. The van der Waals surface area contributed by atoms with Crippen LogP contribution in [0.15, 0.2) is 24.3 Å². The van der Waals surface area contributed by atoms with Gasteiger partial charge in [0.15, 0.2) is 0 Å². The summed E-state index contributed by atoms with van der Waals surface area (Å²) in [5.41, 5.74) is 2.71. The molecule has 1 aliphatic heterocycles. The number of aryl methyl sites for hydroxylation is 1. The maximum atomic E-state index is 3.53. The monoisotopic (exact) mass is 289 g/mol. The van der Waals surface area contributed by atoms with E-state index >= 15 is 0 Å². The third-order valence-corrected chi connectivity index (χ3v) is 4.85. The van der Waals surface area contributed by atoms with Gasteiger partial charge < -0.3 is 10.2 Å². The van der Waals surface area contributed by atoms with E-state index < -0.39 is 0 Å². The number of nitrogens with zero attached hydrogens (tertiary/aromatic N) is 2. The van der Waals surface area contributed by atoms with Gasteiger partial charge in [0.25, 0.3) is 0 Å². The van der Waals surface area contributed by atoms with Crippen molar-refractivity contribution < 1.29 is 0 Å². The summed E-state index contributed by atoms with van der Waals surface area (Å²) >= 11 is 0. The van der Waals surface area contributed by atoms with Gasteiger partial charge in [0, 0.05) is 31.2 Å². The Morgan fingerprint density at radius 1 is 1.19 bits per heavy atom. The minimum atomic E-state index is 0.386. The molecule has 0 bridgehead atoms. The second-order valence-electron chi connectivity index (χ2n) is 6.62. The number of nitrogens with one attached hydrogen (secondary N) is 1. The van der Waals surface area contributed by atoms with Crippen LogP contribution in [0.3, 0.4) is 0 Å². The molecule has 0 amide bonds. The van der Waals surface area contributed by atoms with Crippen LogP contribution in [0.25, 0.3) is 0 Å². The average molecular weight is 289 g/mol. The lowest BCUT2D eigenvalue weighted by Crippen LogP contribution is -2.48. The predicted octanol–water partition coefficient (Wildman–Crippen LogP) is 2.67. The minimum absolute atomic E-state index is 0.386. The van der Waals surface area contributed by atoms with E-state index in [1.165, 1.54) is 30.6 Å². The highest BCUT2D eigenvalue weighted by atomic mass is 15.3. The molecule has 1 N–H and O–H groups in total. The second kappa shape index (κ2) is 7.39. The van der Waals surface area contributed by atoms with Gasteiger partial charge in [-0.25, -0.2) is 0 Å². The van der Waals surface area contributed by atoms with Gasteiger partial charge in [0.2, 0.25) is 0 Å². The lowest BCUT2D eigenvalue weighted by Gasteiger charge is -2.38. The van der Waals surface area contributed by atoms with Crippen molar-refractivity contribution in [3.63, 3.8) is 0 Å². The van der Waals surface area contributed by atoms with Crippen molar-refractivity contribution in [1.82, 2.24) is 15.1 Å². The van der Waals surface area contributed by atoms with Crippen molar-refractivity contribution in [3.05, 3.63) is 35.4 Å². The van der Waals surface area contributed by atoms with Gasteiger partial charge in [-0.15, -0.1) is 0 Å². The second-order valence-corrected chi connectivity index (χ2v) is 6.62. The molecule has 0 saturated carbocycles. The predicted molar refractivity (Wildman–Crippen MR) is 90.7 cm³/mol. The zero-order valence-corrected chi connectivity index (χ0v) is 14.3. The Labute approximate surface area is 130 Å². The van der Waals surface area contributed by atoms with E-state index in [0.717, 1.165) is 6.54 Å². The van der Waals surface area contributed by atoms with Crippen molar-refractivity contribution >= 4 is 0 Å². The van der Waals surface area contributed by atoms with Gasteiger partial charge >= 0.3 is 0 Å². The molecule has 21 heavy (non-hydrogen) atoms. The van der Waals surface area contributed by atoms with E-state index in [9.17, 15) is 0 Å². The van der Waals surface area contributed by atoms with Crippen LogP contribution in [0.5, 0.6) is 0 Å². The summed E-state index contributed by atoms with van der Waals surface area (Å²) in [7, 11) is 4.32. The Bertz CT molecular complexity index is 429. The quantitative estimate of drug-likeness (QED) is 0.919. The third-order valence-electron chi connectivity index (χ3n) is 4.85. The SMILES string of the molecule is CNC(c1ccc(C)cc1)C(C)N1CCCN(C)CC1C. The molecule has 3 atom stereocenters. The molecule has 1 aromatic carbocycles. The van der Waals surface area contributed by atoms with Crippen molar-refractivity contribution in [2.75, 3.05) is 33.7 Å². The van der Waals surface area contributed by atoms with Crippen molar-refractivity contribution in [2.24, 2.45) is 0 Å². The molecule has 0 spiro atoms. The molecule has 1 saturated heterocycles. The van der Waals surface area contributed by atoms with Gasteiger partial charge in [-0.2, -0.15) is 0 Å². The fourth-order valence-electron chi connectivity index (χ4n) is 3.65. The molecule has 3 nitrogen and oxygen atoms in total. The van der Waals surface area contributed by atoms with E-state index in [0.29, 0.717) is 18.1 Å². The highest BCUT2D eigenvalue weighted by molar-refractivity contribution is 5.25. The molecule has 2 rings (SSSR count). The van der Waals surface area contributed by atoms with Crippen LogP contribution in [0.1, 0.15) is 37.4 Å². The van der Waals surface area contributed by atoms with Gasteiger partial charge in [-0.05, 0) is 53.4 Å². The Hall–Kier alpha value is -0.900. The molecular formula is C18H31N3. The van der Waals surface area contributed by atoms with Crippen LogP contribution >= 0.6 is 0 Å². The fraction of sp³-hybridized carbons (Fsp3) is 0.667. The summed E-state index contributed by atoms with van der Waals surface area (Å²) in [6, 6.07) is 10.4. The summed E-state index contributed by atoms with van der Waals surface area (Å²) in [5.74, 6) is 0. The van der Waals surface area contributed by atoms with E-state index in [1.807, 2.05) is 0 Å². The lowest BCUT2D eigenvalue weighted by molar-refractivity contribution is 0.126. The smallest absolute Gasteiger partial charge is 0.0473 e. The standard InChI is InChI=1S/C18H31N3/c1-14-7-9-17(10-8-14)18(19-4)16(3)21-12-6-11-20(5)13-15(21)2/h7-10,15-16,18-19H,6,11-13H2,1-5H3. The molecule has 118 valence electrons. The molecule has 0 aliphatic carbocycles. The molecule has 1 fully saturated rings. The Morgan fingerprint density at radius 3 is 2.48 bits per heavy atom. The number of rotatable bonds is 4. The molecule has 1 heterocycles. The first-order valence-electron chi connectivity index (χ1n) is 8.21. The average Bonchev–Trinajstić information content (AvgIpc) is 2.62. The Balaban J connectivity index is 2.15. The van der Waals surface area contributed by atoms with Gasteiger partial charge in [-0.1, -0.05) is 29.8 Å². The normalized spacial score (nSPS) is 24.5. The van der Waals surface area contributed by atoms with Crippen LogP contribution in [-0.4, -0.2) is 55.6 Å². The number of hydrogen-bond donors (Lipinski definition) is 1. The van der Waals surface area contributed by atoms with E-state index in [-0.39, 0.29) is 0 Å². The first-order chi connectivity index (χ1) is 10.0. The van der Waals surface area contributed by atoms with Crippen molar-refractivity contribution in [2.45, 2.75) is 45.3 Å². The molecule has 0 radical (unpaired) electrons. The highest BCUT2D eigenvalue weighted by Crippen LogP contribution is 2.24. The molecule has 3 unspecified atom stereocenters. The summed E-state index contributed by atoms with van der Waals surface area (Å²) in [6.07, 6.45) is 1.26. The van der Waals surface area contributed by atoms with Crippen molar-refractivity contribution in [1.29, 1.82) is 0 Å². The molecule has 3 heteroatoms. The number of likely N-dealkylation sites (N-methyl/N-ethyl adjacent to an activating group) is 2. The third kappa shape index (κ3) is 4.06. The first kappa shape index (κ1) is 16.5. The Kier molecular flexibility index (Phi) is 5.80. The minimum Gasteiger partial charge on any atom is -0.312 e. The summed E-state index contributed by atoms with van der Waals surface area (Å²) in [5, 5.41) is 3.53. The number of benzene rings is 1. The topological polar surface area (TPSA) is 18.5 Å². The molecule has 1 aromatic rings. The lowest BCUT2D eigenvalue weighted by atomic mass is 9.97. The summed E-state index contributed by atoms with van der Waals surface area (Å²) in [4.78, 5) is 5.13. The van der Waals surface area contributed by atoms with Gasteiger partial charge in [0.05, 0.1) is 0 Å². The largest absolute Gasteiger partial charge is 0.312 e. The summed E-state index contributed by atoms with van der Waals surface area (Å²) in [6.45, 7) is 10.4. The molecule has 0 aromatic heterocycles. The van der Waals surface area contributed by atoms with Crippen LogP contribution in [0.2, 0.25) is 0 Å². The molecule has 1 aliphatic rings. The maximum absolute atomic E-state index is 3.53. The zero-order chi connectivity index (χ0) is 15.4. The van der Waals surface area contributed by atoms with Crippen LogP contribution in [0.4, 0.5) is 0 Å². The van der Waals surface area contributed by atoms with E-state index in [1.54, 1.807) is 0 Å². The first-order valence-corrected chi connectivity index (χ1v) is 8.21. The maximum Gasteiger partial charge on any atom is 0.0473 e. The fourth-order valence-corrected chi connectivity index (χ4v) is 3.65.